The van der Waals surface area contributed by atoms with E-state index in [2.05, 4.69) is 24.9 Å². The van der Waals surface area contributed by atoms with Crippen LogP contribution in [0.25, 0.3) is 22.6 Å². The first-order valence-electron chi connectivity index (χ1n) is 4.50. The zero-order valence-corrected chi connectivity index (χ0v) is 7.75. The lowest BCUT2D eigenvalue weighted by Gasteiger charge is -1.98. The van der Waals surface area contributed by atoms with Crippen LogP contribution >= 0.6 is 0 Å². The highest BCUT2D eigenvalue weighted by molar-refractivity contribution is 5.69. The molecule has 0 aliphatic carbocycles. The van der Waals surface area contributed by atoms with Crippen LogP contribution in [0.4, 0.5) is 0 Å². The summed E-state index contributed by atoms with van der Waals surface area (Å²) in [5, 5.41) is 0. The summed E-state index contributed by atoms with van der Waals surface area (Å²) in [7, 11) is 0. The lowest BCUT2D eigenvalue weighted by molar-refractivity contribution is 1.24. The van der Waals surface area contributed by atoms with Crippen LogP contribution in [-0.2, 0) is 0 Å². The summed E-state index contributed by atoms with van der Waals surface area (Å²) >= 11 is 0. The van der Waals surface area contributed by atoms with Gasteiger partial charge in [0.2, 0.25) is 0 Å². The van der Waals surface area contributed by atoms with Gasteiger partial charge in [-0.1, -0.05) is 0 Å². The van der Waals surface area contributed by atoms with Crippen LogP contribution < -0.4 is 0 Å². The highest BCUT2D eigenvalue weighted by Crippen LogP contribution is 2.15. The van der Waals surface area contributed by atoms with Gasteiger partial charge >= 0.3 is 0 Å². The van der Waals surface area contributed by atoms with E-state index in [-0.39, 0.29) is 0 Å². The maximum absolute atomic E-state index is 4.40. The van der Waals surface area contributed by atoms with E-state index < -0.39 is 0 Å². The van der Waals surface area contributed by atoms with Gasteiger partial charge in [0.15, 0.2) is 11.3 Å². The molecule has 0 aliphatic heterocycles. The average Bonchev–Trinajstić information content (AvgIpc) is 2.77. The highest BCUT2D eigenvalue weighted by atomic mass is 15.0. The third-order valence-corrected chi connectivity index (χ3v) is 2.12. The second kappa shape index (κ2) is 3.13. The van der Waals surface area contributed by atoms with E-state index in [4.69, 9.17) is 0 Å². The molecule has 5 heteroatoms. The van der Waals surface area contributed by atoms with Gasteiger partial charge in [-0.15, -0.1) is 0 Å². The molecule has 0 aliphatic rings. The zero-order valence-electron chi connectivity index (χ0n) is 7.75. The van der Waals surface area contributed by atoms with Crippen molar-refractivity contribution < 1.29 is 0 Å². The summed E-state index contributed by atoms with van der Waals surface area (Å²) in [6, 6.07) is 3.79. The van der Waals surface area contributed by atoms with Gasteiger partial charge in [0.05, 0.1) is 18.2 Å². The molecule has 15 heavy (non-hydrogen) atoms. The number of rotatable bonds is 1. The van der Waals surface area contributed by atoms with E-state index >= 15 is 0 Å². The van der Waals surface area contributed by atoms with Gasteiger partial charge in [-0.05, 0) is 12.1 Å². The molecule has 3 aromatic rings. The zero-order chi connectivity index (χ0) is 10.1. The van der Waals surface area contributed by atoms with Crippen molar-refractivity contribution in [2.45, 2.75) is 0 Å². The van der Waals surface area contributed by atoms with Crippen molar-refractivity contribution in [3.05, 3.63) is 37.1 Å². The molecule has 0 bridgehead atoms. The predicted octanol–water partition coefficient (Wildman–Crippen LogP) is 1.41. The first kappa shape index (κ1) is 8.05. The molecular formula is C10H7N5. The summed E-state index contributed by atoms with van der Waals surface area (Å²) in [5.41, 5.74) is 3.14. The topological polar surface area (TPSA) is 67.3 Å². The van der Waals surface area contributed by atoms with Gasteiger partial charge < -0.3 is 4.98 Å². The van der Waals surface area contributed by atoms with Gasteiger partial charge in [-0.3, -0.25) is 4.98 Å². The average molecular weight is 197 g/mol. The highest BCUT2D eigenvalue weighted by Gasteiger charge is 2.02. The third-order valence-electron chi connectivity index (χ3n) is 2.12. The van der Waals surface area contributed by atoms with Crippen molar-refractivity contribution in [3.8, 4) is 11.3 Å². The number of nitrogens with zero attached hydrogens (tertiary/aromatic N) is 4. The molecule has 0 amide bonds. The number of hydrogen-bond acceptors (Lipinski definition) is 4. The standard InChI is InChI=1S/C10H7N5/c1-3-11-4-2-7(1)8-5-12-9-10(15-8)14-6-13-9/h1-6H,(H,12,13,14,15). The quantitative estimate of drug-likeness (QED) is 0.640. The Hall–Kier alpha value is -2.30. The molecule has 5 nitrogen and oxygen atoms in total. The minimum atomic E-state index is 0.632. The van der Waals surface area contributed by atoms with E-state index in [9.17, 15) is 0 Å². The molecule has 0 spiro atoms. The van der Waals surface area contributed by atoms with Gasteiger partial charge in [0, 0.05) is 18.0 Å². The third kappa shape index (κ3) is 1.34. The molecule has 0 saturated heterocycles. The molecule has 0 unspecified atom stereocenters. The molecule has 72 valence electrons. The number of H-pyrrole nitrogens is 1. The molecule has 0 saturated carbocycles. The lowest BCUT2D eigenvalue weighted by atomic mass is 10.2. The fraction of sp³-hybridized carbons (Fsp3) is 0. The Balaban J connectivity index is 2.19. The number of fused-ring (bicyclic) bond motifs is 1. The first-order valence-corrected chi connectivity index (χ1v) is 4.50. The van der Waals surface area contributed by atoms with Gasteiger partial charge in [0.1, 0.15) is 0 Å². The fourth-order valence-electron chi connectivity index (χ4n) is 1.39. The largest absolute Gasteiger partial charge is 0.328 e. The Bertz CT molecular complexity index is 587. The fourth-order valence-corrected chi connectivity index (χ4v) is 1.39. The number of aromatic nitrogens is 5. The molecule has 3 rings (SSSR count). The molecule has 0 radical (unpaired) electrons. The second-order valence-electron chi connectivity index (χ2n) is 3.07. The van der Waals surface area contributed by atoms with E-state index in [0.29, 0.717) is 11.3 Å². The predicted molar refractivity (Wildman–Crippen MR) is 54.9 cm³/mol. The van der Waals surface area contributed by atoms with Gasteiger partial charge in [-0.25, -0.2) is 15.0 Å². The van der Waals surface area contributed by atoms with Crippen LogP contribution in [0, 0.1) is 0 Å². The smallest absolute Gasteiger partial charge is 0.197 e. The SMILES string of the molecule is c1cc(-c2cnc3nc[nH]c3n2)ccn1. The summed E-state index contributed by atoms with van der Waals surface area (Å²) in [6.07, 6.45) is 6.75. The summed E-state index contributed by atoms with van der Waals surface area (Å²) < 4.78 is 0. The van der Waals surface area contributed by atoms with Crippen LogP contribution in [0.2, 0.25) is 0 Å². The van der Waals surface area contributed by atoms with Crippen LogP contribution in [0.5, 0.6) is 0 Å². The maximum Gasteiger partial charge on any atom is 0.197 e. The molecule has 3 heterocycles. The maximum atomic E-state index is 4.40. The van der Waals surface area contributed by atoms with Crippen molar-refractivity contribution in [2.24, 2.45) is 0 Å². The van der Waals surface area contributed by atoms with Gasteiger partial charge in [-0.2, -0.15) is 0 Å². The van der Waals surface area contributed by atoms with E-state index in [1.165, 1.54) is 0 Å². The van der Waals surface area contributed by atoms with Crippen LogP contribution in [0.15, 0.2) is 37.1 Å². The Kier molecular flexibility index (Phi) is 1.68. The monoisotopic (exact) mass is 197 g/mol. The molecule has 0 aromatic carbocycles. The number of hydrogen-bond donors (Lipinski definition) is 1. The van der Waals surface area contributed by atoms with Crippen molar-refractivity contribution in [2.75, 3.05) is 0 Å². The number of aromatic amines is 1. The molecular weight excluding hydrogens is 190 g/mol. The lowest BCUT2D eigenvalue weighted by Crippen LogP contribution is -1.87. The molecule has 3 aromatic heterocycles. The minimum absolute atomic E-state index is 0.632. The minimum Gasteiger partial charge on any atom is -0.328 e. The van der Waals surface area contributed by atoms with E-state index in [1.54, 1.807) is 24.9 Å². The second-order valence-corrected chi connectivity index (χ2v) is 3.07. The van der Waals surface area contributed by atoms with Crippen LogP contribution in [0.1, 0.15) is 0 Å². The van der Waals surface area contributed by atoms with Crippen molar-refractivity contribution in [1.29, 1.82) is 0 Å². The van der Waals surface area contributed by atoms with Crippen LogP contribution in [-0.4, -0.2) is 24.9 Å². The first-order chi connectivity index (χ1) is 7.43. The summed E-state index contributed by atoms with van der Waals surface area (Å²) in [4.78, 5) is 19.5. The Morgan fingerprint density at radius 2 is 1.93 bits per heavy atom. The van der Waals surface area contributed by atoms with Gasteiger partial charge in [0.25, 0.3) is 0 Å². The number of pyridine rings is 1. The van der Waals surface area contributed by atoms with Crippen molar-refractivity contribution in [1.82, 2.24) is 24.9 Å². The van der Waals surface area contributed by atoms with Crippen molar-refractivity contribution >= 4 is 11.3 Å². The number of imidazole rings is 1. The molecule has 1 N–H and O–H groups in total. The summed E-state index contributed by atoms with van der Waals surface area (Å²) in [5.74, 6) is 0. The number of nitrogens with one attached hydrogen (secondary N) is 1. The Labute approximate surface area is 85.3 Å². The summed E-state index contributed by atoms with van der Waals surface area (Å²) in [6.45, 7) is 0. The Morgan fingerprint density at radius 1 is 1.07 bits per heavy atom. The van der Waals surface area contributed by atoms with Crippen LogP contribution in [0.3, 0.4) is 0 Å². The Morgan fingerprint density at radius 3 is 2.80 bits per heavy atom. The van der Waals surface area contributed by atoms with E-state index in [0.717, 1.165) is 11.3 Å². The van der Waals surface area contributed by atoms with Crippen molar-refractivity contribution in [3.63, 3.8) is 0 Å². The molecule has 0 fully saturated rings. The molecule has 0 atom stereocenters. The normalized spacial score (nSPS) is 10.7. The van der Waals surface area contributed by atoms with E-state index in [1.807, 2.05) is 12.1 Å².